The highest BCUT2D eigenvalue weighted by Crippen LogP contribution is 2.35. The van der Waals surface area contributed by atoms with E-state index in [-0.39, 0.29) is 29.8 Å². The molecule has 0 saturated carbocycles. The standard InChI is InChI=1S/C34H52O8/c1-24-20-26(22-28(31(24)36)33(3,4)5)10-9-13-41-42-19-17-39-15-14-38-16-18-40-30(35)12-11-27-21-25(2)32(37)29(23-27)34(6,7)8/h20-23,36-37H,9-19H2,1-8H3. The molecule has 0 atom stereocenters. The SMILES string of the molecule is Cc1cc(CCCOOCCOCCOCCOC(=O)CCc2cc(C)c(O)c(C(C)(C)C)c2)cc(C(C)(C)C)c1O. The van der Waals surface area contributed by atoms with Gasteiger partial charge in [0.2, 0.25) is 0 Å². The second-order valence-electron chi connectivity index (χ2n) is 12.8. The van der Waals surface area contributed by atoms with Crippen LogP contribution in [0.4, 0.5) is 0 Å². The number of esters is 1. The molecule has 0 spiro atoms. The maximum atomic E-state index is 12.1. The largest absolute Gasteiger partial charge is 0.507 e. The smallest absolute Gasteiger partial charge is 0.306 e. The highest BCUT2D eigenvalue weighted by atomic mass is 17.2. The Morgan fingerprint density at radius 1 is 0.643 bits per heavy atom. The zero-order valence-electron chi connectivity index (χ0n) is 26.9. The van der Waals surface area contributed by atoms with E-state index in [9.17, 15) is 15.0 Å². The summed E-state index contributed by atoms with van der Waals surface area (Å²) in [5.41, 5.74) is 5.44. The van der Waals surface area contributed by atoms with E-state index in [0.29, 0.717) is 57.6 Å². The van der Waals surface area contributed by atoms with Gasteiger partial charge in [-0.25, -0.2) is 9.78 Å². The number of hydrogen-bond donors (Lipinski definition) is 2. The fraction of sp³-hybridized carbons (Fsp3) is 0.618. The van der Waals surface area contributed by atoms with Gasteiger partial charge in [-0.3, -0.25) is 4.79 Å². The first-order chi connectivity index (χ1) is 19.7. The Labute approximate surface area is 252 Å². The third kappa shape index (κ3) is 12.3. The third-order valence-corrected chi connectivity index (χ3v) is 6.90. The van der Waals surface area contributed by atoms with Gasteiger partial charge < -0.3 is 24.4 Å². The van der Waals surface area contributed by atoms with Crippen LogP contribution in [0.3, 0.4) is 0 Å². The number of benzene rings is 2. The van der Waals surface area contributed by atoms with Crippen LogP contribution in [-0.4, -0.2) is 62.4 Å². The van der Waals surface area contributed by atoms with E-state index >= 15 is 0 Å². The van der Waals surface area contributed by atoms with Gasteiger partial charge in [-0.1, -0.05) is 65.8 Å². The summed E-state index contributed by atoms with van der Waals surface area (Å²) in [4.78, 5) is 22.5. The number of carbonyl (C=O) groups excluding carboxylic acids is 1. The molecule has 0 saturated heterocycles. The molecule has 2 aromatic carbocycles. The minimum Gasteiger partial charge on any atom is -0.507 e. The van der Waals surface area contributed by atoms with Gasteiger partial charge in [0, 0.05) is 6.42 Å². The summed E-state index contributed by atoms with van der Waals surface area (Å²) in [6, 6.07) is 7.98. The van der Waals surface area contributed by atoms with E-state index in [1.807, 2.05) is 32.0 Å². The third-order valence-electron chi connectivity index (χ3n) is 6.90. The van der Waals surface area contributed by atoms with Gasteiger partial charge in [0.05, 0.1) is 33.0 Å². The molecule has 0 aliphatic carbocycles. The summed E-state index contributed by atoms with van der Waals surface area (Å²) >= 11 is 0. The lowest BCUT2D eigenvalue weighted by atomic mass is 9.83. The molecule has 42 heavy (non-hydrogen) atoms. The van der Waals surface area contributed by atoms with Gasteiger partial charge in [0.15, 0.2) is 0 Å². The highest BCUT2D eigenvalue weighted by Gasteiger charge is 2.21. The Kier molecular flexibility index (Phi) is 14.3. The topological polar surface area (TPSA) is 104 Å². The molecule has 0 amide bonds. The lowest BCUT2D eigenvalue weighted by molar-refractivity contribution is -0.299. The van der Waals surface area contributed by atoms with Gasteiger partial charge >= 0.3 is 5.97 Å². The molecule has 0 aliphatic heterocycles. The number of ether oxygens (including phenoxy) is 3. The molecule has 236 valence electrons. The summed E-state index contributed by atoms with van der Waals surface area (Å²) in [5.74, 6) is 0.421. The van der Waals surface area contributed by atoms with Gasteiger partial charge in [-0.2, -0.15) is 0 Å². The van der Waals surface area contributed by atoms with Crippen LogP contribution < -0.4 is 0 Å². The van der Waals surface area contributed by atoms with E-state index in [4.69, 9.17) is 24.0 Å². The summed E-state index contributed by atoms with van der Waals surface area (Å²) < 4.78 is 16.2. The van der Waals surface area contributed by atoms with Crippen LogP contribution >= 0.6 is 0 Å². The van der Waals surface area contributed by atoms with Crippen molar-refractivity contribution < 1.29 is 39.0 Å². The minimum atomic E-state index is -0.275. The average molecular weight is 589 g/mol. The van der Waals surface area contributed by atoms with Crippen molar-refractivity contribution in [2.45, 2.75) is 91.9 Å². The molecule has 0 bridgehead atoms. The van der Waals surface area contributed by atoms with Crippen LogP contribution in [0.1, 0.15) is 87.8 Å². The molecule has 8 nitrogen and oxygen atoms in total. The molecular weight excluding hydrogens is 536 g/mol. The molecule has 0 unspecified atom stereocenters. The molecule has 2 aromatic rings. The van der Waals surface area contributed by atoms with Crippen molar-refractivity contribution in [2.24, 2.45) is 0 Å². The number of phenolic OH excluding ortho intramolecular Hbond substituents is 2. The van der Waals surface area contributed by atoms with Gasteiger partial charge in [-0.15, -0.1) is 0 Å². The van der Waals surface area contributed by atoms with Crippen LogP contribution in [0.15, 0.2) is 24.3 Å². The zero-order valence-corrected chi connectivity index (χ0v) is 26.9. The first-order valence-electron chi connectivity index (χ1n) is 14.9. The van der Waals surface area contributed by atoms with E-state index in [2.05, 4.69) is 47.6 Å². The maximum Gasteiger partial charge on any atom is 0.306 e. The minimum absolute atomic E-state index is 0.116. The first kappa shape index (κ1) is 35.5. The molecular formula is C34H52O8. The van der Waals surface area contributed by atoms with Crippen LogP contribution in [0.25, 0.3) is 0 Å². The van der Waals surface area contributed by atoms with E-state index in [1.165, 1.54) is 5.56 Å². The average Bonchev–Trinajstić information content (AvgIpc) is 2.89. The Hall–Kier alpha value is -2.65. The zero-order chi connectivity index (χ0) is 31.3. The molecule has 0 heterocycles. The summed E-state index contributed by atoms with van der Waals surface area (Å²) in [6.07, 6.45) is 2.47. The number of carbonyl (C=O) groups is 1. The van der Waals surface area contributed by atoms with Crippen LogP contribution in [0.2, 0.25) is 0 Å². The normalized spacial score (nSPS) is 12.1. The monoisotopic (exact) mass is 588 g/mol. The fourth-order valence-corrected chi connectivity index (χ4v) is 4.54. The number of hydrogen-bond acceptors (Lipinski definition) is 8. The van der Waals surface area contributed by atoms with Crippen molar-refractivity contribution in [3.8, 4) is 11.5 Å². The molecule has 0 fully saturated rings. The lowest BCUT2D eigenvalue weighted by Crippen LogP contribution is -2.15. The van der Waals surface area contributed by atoms with Crippen LogP contribution in [0, 0.1) is 13.8 Å². The van der Waals surface area contributed by atoms with Crippen molar-refractivity contribution in [2.75, 3.05) is 46.2 Å². The van der Waals surface area contributed by atoms with Crippen molar-refractivity contribution in [1.82, 2.24) is 0 Å². The Morgan fingerprint density at radius 2 is 1.10 bits per heavy atom. The van der Waals surface area contributed by atoms with Gasteiger partial charge in [0.1, 0.15) is 24.7 Å². The van der Waals surface area contributed by atoms with Crippen LogP contribution in [-0.2, 0) is 52.5 Å². The van der Waals surface area contributed by atoms with Crippen molar-refractivity contribution >= 4 is 5.97 Å². The summed E-state index contributed by atoms with van der Waals surface area (Å²) in [6.45, 7) is 18.7. The first-order valence-corrected chi connectivity index (χ1v) is 14.9. The quantitative estimate of drug-likeness (QED) is 0.0947. The van der Waals surface area contributed by atoms with Crippen LogP contribution in [0.5, 0.6) is 11.5 Å². The van der Waals surface area contributed by atoms with Crippen molar-refractivity contribution in [3.05, 3.63) is 57.6 Å². The Bertz CT molecular complexity index is 1130. The highest BCUT2D eigenvalue weighted by molar-refractivity contribution is 5.69. The predicted octanol–water partition coefficient (Wildman–Crippen LogP) is 6.40. The summed E-state index contributed by atoms with van der Waals surface area (Å²) in [5, 5.41) is 20.7. The number of aromatic hydroxyl groups is 2. The molecule has 2 rings (SSSR count). The predicted molar refractivity (Wildman–Crippen MR) is 164 cm³/mol. The molecule has 8 heteroatoms. The molecule has 0 aliphatic rings. The second-order valence-corrected chi connectivity index (χ2v) is 12.8. The number of rotatable bonds is 17. The molecule has 2 N–H and O–H groups in total. The van der Waals surface area contributed by atoms with E-state index < -0.39 is 0 Å². The summed E-state index contributed by atoms with van der Waals surface area (Å²) in [7, 11) is 0. The Morgan fingerprint density at radius 3 is 1.62 bits per heavy atom. The van der Waals surface area contributed by atoms with Gasteiger partial charge in [-0.05, 0) is 77.3 Å². The molecule has 0 aromatic heterocycles. The van der Waals surface area contributed by atoms with Crippen molar-refractivity contribution in [1.29, 1.82) is 0 Å². The fourth-order valence-electron chi connectivity index (χ4n) is 4.54. The van der Waals surface area contributed by atoms with E-state index in [0.717, 1.165) is 40.7 Å². The number of phenols is 2. The van der Waals surface area contributed by atoms with E-state index in [1.54, 1.807) is 0 Å². The number of aryl methyl sites for hydroxylation is 4. The maximum absolute atomic E-state index is 12.1. The lowest BCUT2D eigenvalue weighted by Gasteiger charge is -2.22. The second kappa shape index (κ2) is 16.8. The van der Waals surface area contributed by atoms with Crippen molar-refractivity contribution in [3.63, 3.8) is 0 Å². The Balaban J connectivity index is 1.46. The molecule has 0 radical (unpaired) electrons. The van der Waals surface area contributed by atoms with Gasteiger partial charge in [0.25, 0.3) is 0 Å².